The minimum Gasteiger partial charge on any atom is -0.462 e. The molecule has 5 nitrogen and oxygen atoms in total. The second-order valence-electron chi connectivity index (χ2n) is 8.55. The van der Waals surface area contributed by atoms with Gasteiger partial charge in [-0.2, -0.15) is 0 Å². The summed E-state index contributed by atoms with van der Waals surface area (Å²) in [4.78, 5) is 25.2. The van der Waals surface area contributed by atoms with Crippen molar-refractivity contribution in [2.75, 3.05) is 11.9 Å². The number of carbonyl (C=O) groups is 2. The van der Waals surface area contributed by atoms with Gasteiger partial charge in [0.05, 0.1) is 24.0 Å². The summed E-state index contributed by atoms with van der Waals surface area (Å²) in [6.45, 7) is 3.90. The molecule has 2 aromatic carbocycles. The van der Waals surface area contributed by atoms with E-state index in [9.17, 15) is 14.7 Å². The second-order valence-corrected chi connectivity index (χ2v) is 8.55. The van der Waals surface area contributed by atoms with Crippen molar-refractivity contribution in [3.8, 4) is 0 Å². The lowest BCUT2D eigenvalue weighted by Crippen LogP contribution is -2.40. The molecule has 0 radical (unpaired) electrons. The molecule has 2 atom stereocenters. The van der Waals surface area contributed by atoms with Crippen LogP contribution in [0, 0.1) is 12.3 Å². The van der Waals surface area contributed by atoms with Crippen molar-refractivity contribution >= 4 is 17.6 Å². The van der Waals surface area contributed by atoms with E-state index in [1.54, 1.807) is 19.1 Å². The van der Waals surface area contributed by atoms with Crippen LogP contribution in [0.3, 0.4) is 0 Å². The van der Waals surface area contributed by atoms with Crippen LogP contribution in [-0.4, -0.2) is 29.7 Å². The average Bonchev–Trinajstić information content (AvgIpc) is 2.76. The Bertz CT molecular complexity index is 896. The third-order valence-corrected chi connectivity index (χ3v) is 6.39. The smallest absolute Gasteiger partial charge is 0.340 e. The maximum absolute atomic E-state index is 12.9. The van der Waals surface area contributed by atoms with Gasteiger partial charge < -0.3 is 15.2 Å². The molecule has 31 heavy (non-hydrogen) atoms. The lowest BCUT2D eigenvalue weighted by molar-refractivity contribution is -0.117. The van der Waals surface area contributed by atoms with Crippen molar-refractivity contribution < 1.29 is 19.4 Å². The van der Waals surface area contributed by atoms with Gasteiger partial charge in [0.15, 0.2) is 0 Å². The molecule has 1 fully saturated rings. The predicted molar refractivity (Wildman–Crippen MR) is 122 cm³/mol. The fourth-order valence-electron chi connectivity index (χ4n) is 4.65. The number of carbonyl (C=O) groups excluding carboxylic acids is 2. The first kappa shape index (κ1) is 23.0. The average molecular weight is 424 g/mol. The number of aliphatic hydroxyl groups excluding tert-OH is 1. The van der Waals surface area contributed by atoms with Gasteiger partial charge in [0.1, 0.15) is 0 Å². The third-order valence-electron chi connectivity index (χ3n) is 6.39. The van der Waals surface area contributed by atoms with Gasteiger partial charge in [-0.05, 0) is 56.7 Å². The quantitative estimate of drug-likeness (QED) is 0.582. The zero-order chi connectivity index (χ0) is 22.3. The lowest BCUT2D eigenvalue weighted by Gasteiger charge is -2.42. The molecule has 0 spiro atoms. The molecule has 5 heteroatoms. The Morgan fingerprint density at radius 2 is 1.90 bits per heavy atom. The van der Waals surface area contributed by atoms with E-state index in [0.29, 0.717) is 24.1 Å². The van der Waals surface area contributed by atoms with Crippen LogP contribution in [0.4, 0.5) is 5.69 Å². The van der Waals surface area contributed by atoms with E-state index in [2.05, 4.69) is 17.4 Å². The molecule has 2 aromatic rings. The van der Waals surface area contributed by atoms with Crippen molar-refractivity contribution in [3.05, 3.63) is 65.2 Å². The van der Waals surface area contributed by atoms with E-state index in [4.69, 9.17) is 4.74 Å². The molecular weight excluding hydrogens is 390 g/mol. The lowest BCUT2D eigenvalue weighted by atomic mass is 9.66. The third kappa shape index (κ3) is 5.73. The summed E-state index contributed by atoms with van der Waals surface area (Å²) < 4.78 is 5.13. The Morgan fingerprint density at radius 3 is 2.61 bits per heavy atom. The van der Waals surface area contributed by atoms with Gasteiger partial charge in [-0.1, -0.05) is 55.3 Å². The van der Waals surface area contributed by atoms with Gasteiger partial charge >= 0.3 is 5.97 Å². The minimum atomic E-state index is -0.440. The standard InChI is InChI=1S/C26H33NO4/c1-3-31-25(30)21-13-9-10-19(2)24(21)27-23(29)15-17-26(16-8-7-14-22(26)28)18-20-11-5-4-6-12-20/h4-6,9-13,22,28H,3,7-8,14-18H2,1-2H3,(H,27,29). The summed E-state index contributed by atoms with van der Waals surface area (Å²) in [5.74, 6) is -0.588. The van der Waals surface area contributed by atoms with Crippen LogP contribution in [0.2, 0.25) is 0 Å². The number of esters is 1. The summed E-state index contributed by atoms with van der Waals surface area (Å²) in [6, 6.07) is 15.5. The van der Waals surface area contributed by atoms with E-state index in [-0.39, 0.29) is 17.9 Å². The summed E-state index contributed by atoms with van der Waals surface area (Å²) in [5, 5.41) is 13.8. The summed E-state index contributed by atoms with van der Waals surface area (Å²) in [5.41, 5.74) is 2.58. The van der Waals surface area contributed by atoms with E-state index >= 15 is 0 Å². The number of amides is 1. The number of anilines is 1. The van der Waals surface area contributed by atoms with E-state index in [1.165, 1.54) is 5.56 Å². The monoisotopic (exact) mass is 423 g/mol. The van der Waals surface area contributed by atoms with Gasteiger partial charge in [-0.25, -0.2) is 4.79 Å². The largest absolute Gasteiger partial charge is 0.462 e. The van der Waals surface area contributed by atoms with Crippen molar-refractivity contribution in [1.29, 1.82) is 0 Å². The number of benzene rings is 2. The number of nitrogens with one attached hydrogen (secondary N) is 1. The van der Waals surface area contributed by atoms with Crippen LogP contribution in [0.1, 0.15) is 66.9 Å². The number of ether oxygens (including phenoxy) is 1. The first-order valence-corrected chi connectivity index (χ1v) is 11.2. The van der Waals surface area contributed by atoms with Crippen LogP contribution in [0.5, 0.6) is 0 Å². The van der Waals surface area contributed by atoms with Gasteiger partial charge in [0, 0.05) is 11.8 Å². The zero-order valence-electron chi connectivity index (χ0n) is 18.5. The van der Waals surface area contributed by atoms with Crippen LogP contribution in [0.25, 0.3) is 0 Å². The number of hydrogen-bond donors (Lipinski definition) is 2. The molecule has 2 N–H and O–H groups in total. The van der Waals surface area contributed by atoms with Crippen molar-refractivity contribution in [3.63, 3.8) is 0 Å². The van der Waals surface area contributed by atoms with Crippen LogP contribution < -0.4 is 5.32 Å². The Morgan fingerprint density at radius 1 is 1.13 bits per heavy atom. The molecular formula is C26H33NO4. The molecule has 1 amide bonds. The molecule has 2 unspecified atom stereocenters. The van der Waals surface area contributed by atoms with E-state index in [0.717, 1.165) is 37.7 Å². The molecule has 0 heterocycles. The molecule has 0 aliphatic heterocycles. The Hall–Kier alpha value is -2.66. The van der Waals surface area contributed by atoms with Crippen molar-refractivity contribution in [2.45, 2.75) is 64.9 Å². The fourth-order valence-corrected chi connectivity index (χ4v) is 4.65. The zero-order valence-corrected chi connectivity index (χ0v) is 18.5. The normalized spacial score (nSPS) is 20.8. The van der Waals surface area contributed by atoms with E-state index in [1.807, 2.05) is 31.2 Å². The van der Waals surface area contributed by atoms with Crippen molar-refractivity contribution in [2.24, 2.45) is 5.41 Å². The molecule has 3 rings (SSSR count). The SMILES string of the molecule is CCOC(=O)c1cccc(C)c1NC(=O)CCC1(Cc2ccccc2)CCCCC1O. The number of aryl methyl sites for hydroxylation is 1. The van der Waals surface area contributed by atoms with Gasteiger partial charge in [0.2, 0.25) is 5.91 Å². The number of para-hydroxylation sites is 1. The number of rotatable bonds is 8. The molecule has 0 saturated heterocycles. The Labute approximate surface area is 184 Å². The predicted octanol–water partition coefficient (Wildman–Crippen LogP) is 5.05. The van der Waals surface area contributed by atoms with Crippen LogP contribution in [-0.2, 0) is 16.0 Å². The molecule has 1 aliphatic carbocycles. The maximum atomic E-state index is 12.9. The Balaban J connectivity index is 1.73. The number of aliphatic hydroxyl groups is 1. The van der Waals surface area contributed by atoms with E-state index < -0.39 is 12.1 Å². The highest BCUT2D eigenvalue weighted by Crippen LogP contribution is 2.43. The molecule has 0 aromatic heterocycles. The van der Waals surface area contributed by atoms with Crippen molar-refractivity contribution in [1.82, 2.24) is 0 Å². The Kier molecular flexibility index (Phi) is 7.85. The highest BCUT2D eigenvalue weighted by atomic mass is 16.5. The second kappa shape index (κ2) is 10.6. The molecule has 0 bridgehead atoms. The van der Waals surface area contributed by atoms with Crippen LogP contribution >= 0.6 is 0 Å². The summed E-state index contributed by atoms with van der Waals surface area (Å²) >= 11 is 0. The first-order valence-electron chi connectivity index (χ1n) is 11.2. The van der Waals surface area contributed by atoms with Gasteiger partial charge in [-0.3, -0.25) is 4.79 Å². The fraction of sp³-hybridized carbons (Fsp3) is 0.462. The maximum Gasteiger partial charge on any atom is 0.340 e. The minimum absolute atomic E-state index is 0.148. The van der Waals surface area contributed by atoms with Gasteiger partial charge in [-0.15, -0.1) is 0 Å². The topological polar surface area (TPSA) is 75.6 Å². The molecule has 166 valence electrons. The summed E-state index contributed by atoms with van der Waals surface area (Å²) in [6.07, 6.45) is 5.03. The molecule has 1 saturated carbocycles. The molecule has 1 aliphatic rings. The highest BCUT2D eigenvalue weighted by Gasteiger charge is 2.40. The van der Waals surface area contributed by atoms with Gasteiger partial charge in [0.25, 0.3) is 0 Å². The number of hydrogen-bond acceptors (Lipinski definition) is 4. The summed E-state index contributed by atoms with van der Waals surface area (Å²) in [7, 11) is 0. The van der Waals surface area contributed by atoms with Crippen LogP contribution in [0.15, 0.2) is 48.5 Å². The highest BCUT2D eigenvalue weighted by molar-refractivity contribution is 6.02. The first-order chi connectivity index (χ1) is 14.9.